The highest BCUT2D eigenvalue weighted by Gasteiger charge is 2.32. The van der Waals surface area contributed by atoms with Crippen LogP contribution in [0.5, 0.6) is 0 Å². The Morgan fingerprint density at radius 3 is 2.47 bits per heavy atom. The maximum atomic E-state index is 12.7. The van der Waals surface area contributed by atoms with Gasteiger partial charge in [-0.1, -0.05) is 41.9 Å². The molecule has 1 heterocycles. The van der Waals surface area contributed by atoms with Gasteiger partial charge in [0.05, 0.1) is 11.5 Å². The molecule has 0 saturated heterocycles. The van der Waals surface area contributed by atoms with Crippen molar-refractivity contribution in [2.45, 2.75) is 13.0 Å². The molecule has 0 N–H and O–H groups in total. The van der Waals surface area contributed by atoms with Gasteiger partial charge in [-0.05, 0) is 5.56 Å². The average Bonchev–Trinajstić information content (AvgIpc) is 2.68. The van der Waals surface area contributed by atoms with E-state index in [2.05, 4.69) is 5.10 Å². The van der Waals surface area contributed by atoms with Crippen LogP contribution in [0.2, 0.25) is 5.15 Å². The van der Waals surface area contributed by atoms with Gasteiger partial charge in [-0.2, -0.15) is 5.10 Å². The van der Waals surface area contributed by atoms with Crippen molar-refractivity contribution in [2.24, 2.45) is 0 Å². The normalized spacial score (nSPS) is 10.9. The van der Waals surface area contributed by atoms with Crippen molar-refractivity contribution in [2.75, 3.05) is 0 Å². The molecule has 0 radical (unpaired) electrons. The summed E-state index contributed by atoms with van der Waals surface area (Å²) in [6, 6.07) is 8.80. The minimum atomic E-state index is -3.05. The van der Waals surface area contributed by atoms with E-state index >= 15 is 0 Å². The number of hydrogen-bond acceptors (Lipinski definition) is 3. The van der Waals surface area contributed by atoms with Gasteiger partial charge < -0.3 is 0 Å². The third-order valence-electron chi connectivity index (χ3n) is 2.46. The Labute approximate surface area is 111 Å². The molecule has 0 aliphatic heterocycles. The standard InChI is InChI=1S/C11H8ClF2N3O2/c12-10-9(17(18)19)8(11(13)14)15-16(10)6-7-4-2-1-3-5-7/h1-5,11H,6H2. The van der Waals surface area contributed by atoms with Crippen molar-refractivity contribution >= 4 is 17.3 Å². The molecule has 2 rings (SSSR count). The lowest BCUT2D eigenvalue weighted by Gasteiger charge is -2.01. The fraction of sp³-hybridized carbons (Fsp3) is 0.182. The quantitative estimate of drug-likeness (QED) is 0.639. The lowest BCUT2D eigenvalue weighted by molar-refractivity contribution is -0.386. The molecule has 5 nitrogen and oxygen atoms in total. The summed E-state index contributed by atoms with van der Waals surface area (Å²) in [4.78, 5) is 9.80. The molecule has 0 atom stereocenters. The second-order valence-corrected chi connectivity index (χ2v) is 4.08. The van der Waals surface area contributed by atoms with Crippen LogP contribution in [-0.2, 0) is 6.54 Å². The van der Waals surface area contributed by atoms with Gasteiger partial charge in [-0.3, -0.25) is 10.1 Å². The van der Waals surface area contributed by atoms with Gasteiger partial charge in [0, 0.05) is 0 Å². The summed E-state index contributed by atoms with van der Waals surface area (Å²) < 4.78 is 26.4. The molecular formula is C11H8ClF2N3O2. The number of nitrogens with zero attached hydrogens (tertiary/aromatic N) is 3. The summed E-state index contributed by atoms with van der Waals surface area (Å²) in [5.41, 5.74) is -0.999. The molecule has 19 heavy (non-hydrogen) atoms. The van der Waals surface area contributed by atoms with Gasteiger partial charge in [0.15, 0.2) is 0 Å². The van der Waals surface area contributed by atoms with Crippen LogP contribution in [0.1, 0.15) is 17.7 Å². The number of halogens is 3. The summed E-state index contributed by atoms with van der Waals surface area (Å²) in [7, 11) is 0. The van der Waals surface area contributed by atoms with Crippen LogP contribution >= 0.6 is 11.6 Å². The molecule has 8 heteroatoms. The van der Waals surface area contributed by atoms with E-state index in [9.17, 15) is 18.9 Å². The van der Waals surface area contributed by atoms with Gasteiger partial charge >= 0.3 is 5.69 Å². The van der Waals surface area contributed by atoms with E-state index in [1.165, 1.54) is 0 Å². The van der Waals surface area contributed by atoms with Crippen LogP contribution < -0.4 is 0 Å². The highest BCUT2D eigenvalue weighted by atomic mass is 35.5. The maximum absolute atomic E-state index is 12.7. The molecule has 1 aromatic heterocycles. The third-order valence-corrected chi connectivity index (χ3v) is 2.83. The van der Waals surface area contributed by atoms with E-state index in [4.69, 9.17) is 11.6 Å². The minimum absolute atomic E-state index is 0.0905. The first-order valence-electron chi connectivity index (χ1n) is 5.23. The highest BCUT2D eigenvalue weighted by molar-refractivity contribution is 6.31. The lowest BCUT2D eigenvalue weighted by Crippen LogP contribution is -2.02. The van der Waals surface area contributed by atoms with Crippen molar-refractivity contribution < 1.29 is 13.7 Å². The van der Waals surface area contributed by atoms with Crippen LogP contribution in [0.4, 0.5) is 14.5 Å². The zero-order valence-electron chi connectivity index (χ0n) is 9.46. The van der Waals surface area contributed by atoms with Crippen LogP contribution in [-0.4, -0.2) is 14.7 Å². The predicted octanol–water partition coefficient (Wildman–Crippen LogP) is 3.43. The molecule has 1 aromatic carbocycles. The topological polar surface area (TPSA) is 61.0 Å². The predicted molar refractivity (Wildman–Crippen MR) is 64.4 cm³/mol. The van der Waals surface area contributed by atoms with Gasteiger partial charge in [0.2, 0.25) is 10.8 Å². The fourth-order valence-corrected chi connectivity index (χ4v) is 1.89. The van der Waals surface area contributed by atoms with Crippen LogP contribution in [0, 0.1) is 10.1 Å². The molecule has 0 amide bonds. The Balaban J connectivity index is 2.42. The van der Waals surface area contributed by atoms with E-state index in [0.29, 0.717) is 0 Å². The molecule has 100 valence electrons. The molecule has 0 unspecified atom stereocenters. The van der Waals surface area contributed by atoms with Crippen molar-refractivity contribution in [3.8, 4) is 0 Å². The van der Waals surface area contributed by atoms with Crippen LogP contribution in [0.25, 0.3) is 0 Å². The first-order valence-corrected chi connectivity index (χ1v) is 5.61. The number of rotatable bonds is 4. The minimum Gasteiger partial charge on any atom is -0.258 e. The largest absolute Gasteiger partial charge is 0.335 e. The van der Waals surface area contributed by atoms with Gasteiger partial charge in [0.1, 0.15) is 0 Å². The first kappa shape index (κ1) is 13.4. The third kappa shape index (κ3) is 2.70. The number of nitro groups is 1. The van der Waals surface area contributed by atoms with Crippen molar-refractivity contribution in [1.29, 1.82) is 0 Å². The molecule has 0 bridgehead atoms. The maximum Gasteiger partial charge on any atom is 0.335 e. The number of alkyl halides is 2. The summed E-state index contributed by atoms with van der Waals surface area (Å²) in [6.45, 7) is 0.0905. The second-order valence-electron chi connectivity index (χ2n) is 3.73. The number of aromatic nitrogens is 2. The van der Waals surface area contributed by atoms with Crippen LogP contribution in [0.15, 0.2) is 30.3 Å². The fourth-order valence-electron chi connectivity index (χ4n) is 1.63. The molecule has 0 aliphatic carbocycles. The number of benzene rings is 1. The Kier molecular flexibility index (Phi) is 3.75. The summed E-state index contributed by atoms with van der Waals surface area (Å²) >= 11 is 5.74. The molecule has 0 spiro atoms. The molecule has 0 saturated carbocycles. The monoisotopic (exact) mass is 287 g/mol. The average molecular weight is 288 g/mol. The van der Waals surface area contributed by atoms with Crippen molar-refractivity contribution in [3.63, 3.8) is 0 Å². The first-order chi connectivity index (χ1) is 9.00. The van der Waals surface area contributed by atoms with E-state index < -0.39 is 27.9 Å². The molecular weight excluding hydrogens is 280 g/mol. The Bertz CT molecular complexity index is 601. The molecule has 0 aliphatic rings. The van der Waals surface area contributed by atoms with E-state index in [1.54, 1.807) is 30.3 Å². The highest BCUT2D eigenvalue weighted by Crippen LogP contribution is 2.34. The van der Waals surface area contributed by atoms with Crippen molar-refractivity contribution in [3.05, 3.63) is 56.9 Å². The van der Waals surface area contributed by atoms with E-state index in [1.807, 2.05) is 0 Å². The van der Waals surface area contributed by atoms with Gasteiger partial charge in [0.25, 0.3) is 6.43 Å². The zero-order chi connectivity index (χ0) is 14.0. The molecule has 2 aromatic rings. The van der Waals surface area contributed by atoms with Gasteiger partial charge in [-0.25, -0.2) is 13.5 Å². The summed E-state index contributed by atoms with van der Waals surface area (Å²) in [6.07, 6.45) is -3.05. The van der Waals surface area contributed by atoms with E-state index in [0.717, 1.165) is 10.2 Å². The van der Waals surface area contributed by atoms with E-state index in [-0.39, 0.29) is 6.54 Å². The Morgan fingerprint density at radius 1 is 1.37 bits per heavy atom. The lowest BCUT2D eigenvalue weighted by atomic mass is 10.2. The summed E-state index contributed by atoms with van der Waals surface area (Å²) in [5.74, 6) is 0. The Hall–Kier alpha value is -2.02. The number of hydrogen-bond donors (Lipinski definition) is 0. The SMILES string of the molecule is O=[N+]([O-])c1c(C(F)F)nn(Cc2ccccc2)c1Cl. The van der Waals surface area contributed by atoms with Crippen molar-refractivity contribution in [1.82, 2.24) is 9.78 Å². The second kappa shape index (κ2) is 5.31. The summed E-state index contributed by atoms with van der Waals surface area (Å²) in [5, 5.41) is 13.9. The zero-order valence-corrected chi connectivity index (χ0v) is 10.2. The molecule has 0 fully saturated rings. The Morgan fingerprint density at radius 2 is 2.00 bits per heavy atom. The van der Waals surface area contributed by atoms with Gasteiger partial charge in [-0.15, -0.1) is 0 Å². The smallest absolute Gasteiger partial charge is 0.258 e. The van der Waals surface area contributed by atoms with Crippen LogP contribution in [0.3, 0.4) is 0 Å².